The van der Waals surface area contributed by atoms with E-state index in [4.69, 9.17) is 4.98 Å². The monoisotopic (exact) mass is 309 g/mol. The number of halogens is 1. The van der Waals surface area contributed by atoms with Gasteiger partial charge in [0.15, 0.2) is 0 Å². The number of anilines is 1. The maximum absolute atomic E-state index is 4.90. The van der Waals surface area contributed by atoms with Gasteiger partial charge in [0, 0.05) is 18.4 Å². The molecule has 0 spiro atoms. The van der Waals surface area contributed by atoms with Crippen molar-refractivity contribution in [3.8, 4) is 0 Å². The lowest BCUT2D eigenvalue weighted by Gasteiger charge is -2.17. The van der Waals surface area contributed by atoms with Gasteiger partial charge in [-0.3, -0.25) is 0 Å². The first-order chi connectivity index (χ1) is 8.64. The predicted molar refractivity (Wildman–Crippen MR) is 77.1 cm³/mol. The predicted octanol–water partition coefficient (Wildman–Crippen LogP) is 3.99. The molecule has 4 heteroatoms. The molecule has 1 N–H and O–H groups in total. The van der Waals surface area contributed by atoms with Crippen LogP contribution in [-0.2, 0) is 5.41 Å². The fourth-order valence-electron chi connectivity index (χ4n) is 2.78. The van der Waals surface area contributed by atoms with Crippen LogP contribution >= 0.6 is 15.9 Å². The van der Waals surface area contributed by atoms with Crippen LogP contribution in [0.1, 0.15) is 62.9 Å². The third-order valence-electron chi connectivity index (χ3n) is 4.40. The molecule has 1 heterocycles. The topological polar surface area (TPSA) is 37.8 Å². The molecule has 0 atom stereocenters. The first-order valence-electron chi connectivity index (χ1n) is 6.90. The van der Waals surface area contributed by atoms with E-state index in [-0.39, 0.29) is 5.41 Å². The van der Waals surface area contributed by atoms with Crippen molar-refractivity contribution in [3.05, 3.63) is 16.0 Å². The minimum atomic E-state index is 0.236. The van der Waals surface area contributed by atoms with Crippen LogP contribution in [0.3, 0.4) is 0 Å². The largest absolute Gasteiger partial charge is 0.372 e. The second-order valence-corrected chi connectivity index (χ2v) is 6.68. The smallest absolute Gasteiger partial charge is 0.144 e. The van der Waals surface area contributed by atoms with Crippen molar-refractivity contribution in [2.75, 3.05) is 12.4 Å². The Balaban J connectivity index is 2.05. The summed E-state index contributed by atoms with van der Waals surface area (Å²) in [5.41, 5.74) is 1.47. The van der Waals surface area contributed by atoms with Crippen LogP contribution in [0.2, 0.25) is 0 Å². The Morgan fingerprint density at radius 2 is 1.89 bits per heavy atom. The van der Waals surface area contributed by atoms with Crippen molar-refractivity contribution in [1.82, 2.24) is 9.97 Å². The molecule has 2 aliphatic carbocycles. The second kappa shape index (κ2) is 4.48. The van der Waals surface area contributed by atoms with Crippen molar-refractivity contribution in [2.24, 2.45) is 0 Å². The second-order valence-electron chi connectivity index (χ2n) is 5.89. The molecule has 1 aromatic heterocycles. The third-order valence-corrected chi connectivity index (χ3v) is 5.18. The molecule has 3 rings (SSSR count). The molecule has 2 fully saturated rings. The maximum Gasteiger partial charge on any atom is 0.144 e. The van der Waals surface area contributed by atoms with E-state index in [1.807, 2.05) is 7.05 Å². The van der Waals surface area contributed by atoms with Gasteiger partial charge in [-0.05, 0) is 41.6 Å². The van der Waals surface area contributed by atoms with E-state index >= 15 is 0 Å². The molecule has 98 valence electrons. The summed E-state index contributed by atoms with van der Waals surface area (Å²) in [5, 5.41) is 3.20. The zero-order chi connectivity index (χ0) is 12.8. The van der Waals surface area contributed by atoms with Crippen LogP contribution in [0, 0.1) is 0 Å². The Kier molecular flexibility index (Phi) is 3.08. The van der Waals surface area contributed by atoms with E-state index < -0.39 is 0 Å². The summed E-state index contributed by atoms with van der Waals surface area (Å²) in [6.07, 6.45) is 7.67. The van der Waals surface area contributed by atoms with Gasteiger partial charge in [-0.25, -0.2) is 9.97 Å². The van der Waals surface area contributed by atoms with Gasteiger partial charge in [-0.1, -0.05) is 19.8 Å². The van der Waals surface area contributed by atoms with Gasteiger partial charge in [-0.2, -0.15) is 0 Å². The number of hydrogen-bond donors (Lipinski definition) is 1. The molecule has 0 saturated heterocycles. The quantitative estimate of drug-likeness (QED) is 0.917. The highest BCUT2D eigenvalue weighted by Gasteiger charge is 2.43. The lowest BCUT2D eigenvalue weighted by molar-refractivity contribution is 0.646. The van der Waals surface area contributed by atoms with Crippen LogP contribution in [0.5, 0.6) is 0 Å². The summed E-state index contributed by atoms with van der Waals surface area (Å²) in [6.45, 7) is 2.27. The Hall–Kier alpha value is -0.640. The SMILES string of the molecule is CNc1nc(C2(C)CC2)nc(C2CCCC2)c1Br. The normalized spacial score (nSPS) is 22.2. The molecule has 0 aromatic carbocycles. The first-order valence-corrected chi connectivity index (χ1v) is 7.69. The van der Waals surface area contributed by atoms with E-state index in [9.17, 15) is 0 Å². The third kappa shape index (κ3) is 2.04. The van der Waals surface area contributed by atoms with Crippen molar-refractivity contribution < 1.29 is 0 Å². The van der Waals surface area contributed by atoms with E-state index in [2.05, 4.69) is 33.2 Å². The Bertz CT molecular complexity index is 462. The van der Waals surface area contributed by atoms with Gasteiger partial charge >= 0.3 is 0 Å². The van der Waals surface area contributed by atoms with E-state index in [1.165, 1.54) is 44.2 Å². The fourth-order valence-corrected chi connectivity index (χ4v) is 3.48. The van der Waals surface area contributed by atoms with Gasteiger partial charge in [0.25, 0.3) is 0 Å². The lowest BCUT2D eigenvalue weighted by atomic mass is 10.0. The van der Waals surface area contributed by atoms with Crippen molar-refractivity contribution in [3.63, 3.8) is 0 Å². The number of hydrogen-bond acceptors (Lipinski definition) is 3. The Labute approximate surface area is 117 Å². The molecule has 2 aliphatic rings. The zero-order valence-corrected chi connectivity index (χ0v) is 12.7. The molecule has 0 unspecified atom stereocenters. The molecule has 0 bridgehead atoms. The average molecular weight is 310 g/mol. The minimum Gasteiger partial charge on any atom is -0.372 e. The van der Waals surface area contributed by atoms with Crippen LogP contribution in [0.4, 0.5) is 5.82 Å². The number of nitrogens with zero attached hydrogens (tertiary/aromatic N) is 2. The van der Waals surface area contributed by atoms with Crippen LogP contribution < -0.4 is 5.32 Å². The van der Waals surface area contributed by atoms with Crippen LogP contribution in [0.25, 0.3) is 0 Å². The highest BCUT2D eigenvalue weighted by molar-refractivity contribution is 9.10. The molecule has 3 nitrogen and oxygen atoms in total. The summed E-state index contributed by atoms with van der Waals surface area (Å²) in [5.74, 6) is 2.61. The molecule has 0 aliphatic heterocycles. The molecule has 2 saturated carbocycles. The van der Waals surface area contributed by atoms with E-state index in [1.54, 1.807) is 0 Å². The van der Waals surface area contributed by atoms with Gasteiger partial charge in [0.05, 0.1) is 10.2 Å². The van der Waals surface area contributed by atoms with Gasteiger partial charge < -0.3 is 5.32 Å². The van der Waals surface area contributed by atoms with Gasteiger partial charge in [0.2, 0.25) is 0 Å². The highest BCUT2D eigenvalue weighted by Crippen LogP contribution is 2.48. The first kappa shape index (κ1) is 12.4. The Morgan fingerprint density at radius 1 is 1.22 bits per heavy atom. The Morgan fingerprint density at radius 3 is 2.44 bits per heavy atom. The fraction of sp³-hybridized carbons (Fsp3) is 0.714. The number of aromatic nitrogens is 2. The van der Waals surface area contributed by atoms with Crippen LogP contribution in [0.15, 0.2) is 4.47 Å². The van der Waals surface area contributed by atoms with E-state index in [0.29, 0.717) is 5.92 Å². The maximum atomic E-state index is 4.90. The number of nitrogens with one attached hydrogen (secondary N) is 1. The molecule has 1 aromatic rings. The highest BCUT2D eigenvalue weighted by atomic mass is 79.9. The molecular formula is C14H20BrN3. The molecule has 0 amide bonds. The summed E-state index contributed by atoms with van der Waals surface area (Å²) in [7, 11) is 1.94. The summed E-state index contributed by atoms with van der Waals surface area (Å²) >= 11 is 3.69. The summed E-state index contributed by atoms with van der Waals surface area (Å²) < 4.78 is 1.07. The summed E-state index contributed by atoms with van der Waals surface area (Å²) in [6, 6.07) is 0. The van der Waals surface area contributed by atoms with Crippen molar-refractivity contribution in [1.29, 1.82) is 0 Å². The zero-order valence-electron chi connectivity index (χ0n) is 11.1. The summed E-state index contributed by atoms with van der Waals surface area (Å²) in [4.78, 5) is 9.59. The van der Waals surface area contributed by atoms with E-state index in [0.717, 1.165) is 16.1 Å². The van der Waals surface area contributed by atoms with Gasteiger partial charge in [0.1, 0.15) is 11.6 Å². The molecule has 18 heavy (non-hydrogen) atoms. The van der Waals surface area contributed by atoms with Crippen molar-refractivity contribution in [2.45, 2.75) is 56.8 Å². The van der Waals surface area contributed by atoms with Gasteiger partial charge in [-0.15, -0.1) is 0 Å². The molecular weight excluding hydrogens is 290 g/mol. The average Bonchev–Trinajstić information content (AvgIpc) is 2.93. The molecule has 0 radical (unpaired) electrons. The standard InChI is InChI=1S/C14H20BrN3/c1-14(7-8-14)13-17-11(9-5-3-4-6-9)10(15)12(16-2)18-13/h9H,3-8H2,1-2H3,(H,16,17,18). The van der Waals surface area contributed by atoms with Crippen LogP contribution in [-0.4, -0.2) is 17.0 Å². The van der Waals surface area contributed by atoms with Crippen molar-refractivity contribution >= 4 is 21.7 Å². The minimum absolute atomic E-state index is 0.236. The lowest BCUT2D eigenvalue weighted by Crippen LogP contribution is -2.13. The number of rotatable bonds is 3.